The van der Waals surface area contributed by atoms with Crippen LogP contribution in [0.15, 0.2) is 48.8 Å². The molecule has 0 atom stereocenters. The Bertz CT molecular complexity index is 839. The van der Waals surface area contributed by atoms with Crippen LogP contribution in [0.3, 0.4) is 0 Å². The van der Waals surface area contributed by atoms with E-state index in [1.807, 2.05) is 0 Å². The van der Waals surface area contributed by atoms with Crippen molar-refractivity contribution in [2.75, 3.05) is 0 Å². The molecule has 0 amide bonds. The van der Waals surface area contributed by atoms with Crippen molar-refractivity contribution in [3.8, 4) is 11.5 Å². The van der Waals surface area contributed by atoms with Crippen LogP contribution in [0.2, 0.25) is 5.02 Å². The van der Waals surface area contributed by atoms with E-state index in [-0.39, 0.29) is 10.7 Å². The number of non-ortho nitro benzene ring substituents is 1. The molecule has 0 radical (unpaired) electrons. The van der Waals surface area contributed by atoms with Crippen LogP contribution >= 0.6 is 11.6 Å². The summed E-state index contributed by atoms with van der Waals surface area (Å²) in [5.41, 5.74) is 1.35. The molecule has 2 aromatic carbocycles. The molecule has 3 aromatic rings. The lowest BCUT2D eigenvalue weighted by Crippen LogP contribution is -1.90. The van der Waals surface area contributed by atoms with Crippen molar-refractivity contribution in [2.45, 2.75) is 0 Å². The van der Waals surface area contributed by atoms with Crippen molar-refractivity contribution >= 4 is 28.3 Å². The average molecular weight is 302 g/mol. The molecular formula is C14H8ClN3O3. The SMILES string of the molecule is O=[N+]([O-])c1ccc(Oc2ccc3nccnc3c2)c(Cl)c1. The number of rotatable bonds is 3. The Morgan fingerprint density at radius 3 is 2.52 bits per heavy atom. The van der Waals surface area contributed by atoms with Crippen LogP contribution in [0.4, 0.5) is 5.69 Å². The number of aromatic nitrogens is 2. The number of halogens is 1. The lowest BCUT2D eigenvalue weighted by atomic mass is 10.2. The summed E-state index contributed by atoms with van der Waals surface area (Å²) in [6, 6.07) is 9.27. The third-order valence-corrected chi connectivity index (χ3v) is 3.09. The summed E-state index contributed by atoms with van der Waals surface area (Å²) < 4.78 is 5.63. The highest BCUT2D eigenvalue weighted by molar-refractivity contribution is 6.32. The summed E-state index contributed by atoms with van der Waals surface area (Å²) in [6.07, 6.45) is 3.20. The van der Waals surface area contributed by atoms with Crippen molar-refractivity contribution in [2.24, 2.45) is 0 Å². The number of nitro benzene ring substituents is 1. The first kappa shape index (κ1) is 13.3. The monoisotopic (exact) mass is 301 g/mol. The van der Waals surface area contributed by atoms with Gasteiger partial charge in [0.15, 0.2) is 0 Å². The maximum Gasteiger partial charge on any atom is 0.271 e. The molecule has 21 heavy (non-hydrogen) atoms. The van der Waals surface area contributed by atoms with Gasteiger partial charge in [0.1, 0.15) is 11.5 Å². The summed E-state index contributed by atoms with van der Waals surface area (Å²) >= 11 is 5.98. The molecule has 0 aliphatic heterocycles. The van der Waals surface area contributed by atoms with E-state index in [9.17, 15) is 10.1 Å². The van der Waals surface area contributed by atoms with Crippen LogP contribution in [0, 0.1) is 10.1 Å². The van der Waals surface area contributed by atoms with Gasteiger partial charge in [-0.05, 0) is 18.2 Å². The predicted molar refractivity (Wildman–Crippen MR) is 77.7 cm³/mol. The van der Waals surface area contributed by atoms with Crippen molar-refractivity contribution in [3.63, 3.8) is 0 Å². The topological polar surface area (TPSA) is 78.2 Å². The van der Waals surface area contributed by atoms with Crippen LogP contribution in [0.5, 0.6) is 11.5 Å². The van der Waals surface area contributed by atoms with Gasteiger partial charge in [-0.25, -0.2) is 0 Å². The van der Waals surface area contributed by atoms with E-state index >= 15 is 0 Å². The van der Waals surface area contributed by atoms with Gasteiger partial charge in [-0.15, -0.1) is 0 Å². The van der Waals surface area contributed by atoms with Crippen LogP contribution in [0.25, 0.3) is 11.0 Å². The van der Waals surface area contributed by atoms with Crippen molar-refractivity contribution in [3.05, 3.63) is 63.9 Å². The maximum atomic E-state index is 10.7. The quantitative estimate of drug-likeness (QED) is 0.540. The molecule has 0 spiro atoms. The third-order valence-electron chi connectivity index (χ3n) is 2.79. The summed E-state index contributed by atoms with van der Waals surface area (Å²) in [6.45, 7) is 0. The average Bonchev–Trinajstić information content (AvgIpc) is 2.49. The molecule has 6 nitrogen and oxygen atoms in total. The zero-order chi connectivity index (χ0) is 14.8. The van der Waals surface area contributed by atoms with E-state index in [0.717, 1.165) is 5.52 Å². The Morgan fingerprint density at radius 2 is 1.81 bits per heavy atom. The number of benzene rings is 2. The Hall–Kier alpha value is -2.73. The van der Waals surface area contributed by atoms with E-state index in [1.54, 1.807) is 30.6 Å². The number of nitro groups is 1. The molecule has 0 aliphatic rings. The van der Waals surface area contributed by atoms with Crippen LogP contribution in [-0.4, -0.2) is 14.9 Å². The molecule has 0 unspecified atom stereocenters. The molecule has 104 valence electrons. The lowest BCUT2D eigenvalue weighted by Gasteiger charge is -2.07. The Morgan fingerprint density at radius 1 is 1.05 bits per heavy atom. The third kappa shape index (κ3) is 2.75. The first-order chi connectivity index (χ1) is 10.1. The minimum atomic E-state index is -0.513. The van der Waals surface area contributed by atoms with Crippen LogP contribution in [-0.2, 0) is 0 Å². The fraction of sp³-hybridized carbons (Fsp3) is 0. The highest BCUT2D eigenvalue weighted by Gasteiger charge is 2.11. The standard InChI is InChI=1S/C14H8ClN3O3/c15-11-7-9(18(19)20)1-4-14(11)21-10-2-3-12-13(8-10)17-6-5-16-12/h1-8H. The number of ether oxygens (including phenoxy) is 1. The molecule has 0 N–H and O–H groups in total. The highest BCUT2D eigenvalue weighted by Crippen LogP contribution is 2.32. The minimum Gasteiger partial charge on any atom is -0.456 e. The predicted octanol–water partition coefficient (Wildman–Crippen LogP) is 3.98. The van der Waals surface area contributed by atoms with Gasteiger partial charge in [-0.2, -0.15) is 0 Å². The van der Waals surface area contributed by atoms with Crippen LogP contribution in [0.1, 0.15) is 0 Å². The van der Waals surface area contributed by atoms with E-state index < -0.39 is 4.92 Å². The first-order valence-corrected chi connectivity index (χ1v) is 6.34. The molecule has 0 bridgehead atoms. The van der Waals surface area contributed by atoms with Crippen LogP contribution < -0.4 is 4.74 Å². The second-order valence-electron chi connectivity index (χ2n) is 4.18. The van der Waals surface area contributed by atoms with E-state index in [4.69, 9.17) is 16.3 Å². The summed E-state index contributed by atoms with van der Waals surface area (Å²) in [5.74, 6) is 0.865. The highest BCUT2D eigenvalue weighted by atomic mass is 35.5. The molecule has 0 saturated carbocycles. The van der Waals surface area contributed by atoms with Crippen molar-refractivity contribution < 1.29 is 9.66 Å². The number of hydrogen-bond acceptors (Lipinski definition) is 5. The van der Waals surface area contributed by atoms with E-state index in [0.29, 0.717) is 17.0 Å². The molecule has 3 rings (SSSR count). The van der Waals surface area contributed by atoms with Gasteiger partial charge in [-0.3, -0.25) is 20.1 Å². The molecule has 0 saturated heterocycles. The Kier molecular flexibility index (Phi) is 3.37. The van der Waals surface area contributed by atoms with Gasteiger partial charge in [0.25, 0.3) is 5.69 Å². The smallest absolute Gasteiger partial charge is 0.271 e. The number of fused-ring (bicyclic) bond motifs is 1. The zero-order valence-electron chi connectivity index (χ0n) is 10.6. The maximum absolute atomic E-state index is 10.7. The van der Waals surface area contributed by atoms with Gasteiger partial charge >= 0.3 is 0 Å². The molecule has 1 aromatic heterocycles. The molecular weight excluding hydrogens is 294 g/mol. The summed E-state index contributed by atoms with van der Waals surface area (Å²) in [5, 5.41) is 10.8. The Labute approximate surface area is 124 Å². The van der Waals surface area contributed by atoms with Crippen molar-refractivity contribution in [1.82, 2.24) is 9.97 Å². The number of hydrogen-bond donors (Lipinski definition) is 0. The van der Waals surface area contributed by atoms with E-state index in [2.05, 4.69) is 9.97 Å². The number of nitrogens with zero attached hydrogens (tertiary/aromatic N) is 3. The second kappa shape index (κ2) is 5.34. The van der Waals surface area contributed by atoms with Gasteiger partial charge in [0.05, 0.1) is 21.0 Å². The van der Waals surface area contributed by atoms with Gasteiger partial charge in [0.2, 0.25) is 0 Å². The molecule has 1 heterocycles. The second-order valence-corrected chi connectivity index (χ2v) is 4.59. The summed E-state index contributed by atoms with van der Waals surface area (Å²) in [7, 11) is 0. The minimum absolute atomic E-state index is 0.0864. The molecule has 0 aliphatic carbocycles. The zero-order valence-corrected chi connectivity index (χ0v) is 11.3. The lowest BCUT2D eigenvalue weighted by molar-refractivity contribution is -0.384. The Balaban J connectivity index is 1.93. The van der Waals surface area contributed by atoms with Gasteiger partial charge in [-0.1, -0.05) is 11.6 Å². The summed E-state index contributed by atoms with van der Waals surface area (Å²) in [4.78, 5) is 18.5. The normalized spacial score (nSPS) is 10.5. The molecule has 0 fully saturated rings. The van der Waals surface area contributed by atoms with Gasteiger partial charge in [0, 0.05) is 30.6 Å². The fourth-order valence-electron chi connectivity index (χ4n) is 1.82. The van der Waals surface area contributed by atoms with E-state index in [1.165, 1.54) is 18.2 Å². The molecule has 7 heteroatoms. The van der Waals surface area contributed by atoms with Crippen molar-refractivity contribution in [1.29, 1.82) is 0 Å². The largest absolute Gasteiger partial charge is 0.456 e. The van der Waals surface area contributed by atoms with Gasteiger partial charge < -0.3 is 4.74 Å². The first-order valence-electron chi connectivity index (χ1n) is 5.96. The fourth-order valence-corrected chi connectivity index (χ4v) is 2.03.